The van der Waals surface area contributed by atoms with Gasteiger partial charge in [-0.2, -0.15) is 0 Å². The second-order valence-electron chi connectivity index (χ2n) is 4.59. The zero-order valence-corrected chi connectivity index (χ0v) is 11.9. The summed E-state index contributed by atoms with van der Waals surface area (Å²) in [6.07, 6.45) is 1.10. The van der Waals surface area contributed by atoms with Crippen LogP contribution in [0.5, 0.6) is 0 Å². The summed E-state index contributed by atoms with van der Waals surface area (Å²) in [5.74, 6) is 0.566. The third-order valence-electron chi connectivity index (χ3n) is 3.20. The SMILES string of the molecule is Cc1cc(Br)ccc1CC(C)c1ccccc1. The first-order valence-corrected chi connectivity index (χ1v) is 6.76. The van der Waals surface area contributed by atoms with E-state index < -0.39 is 0 Å². The van der Waals surface area contributed by atoms with Crippen LogP contribution in [-0.4, -0.2) is 0 Å². The van der Waals surface area contributed by atoms with E-state index in [9.17, 15) is 0 Å². The predicted molar refractivity (Wildman–Crippen MR) is 77.4 cm³/mol. The van der Waals surface area contributed by atoms with Gasteiger partial charge in [-0.25, -0.2) is 0 Å². The Morgan fingerprint density at radius 2 is 1.76 bits per heavy atom. The topological polar surface area (TPSA) is 0 Å². The van der Waals surface area contributed by atoms with Crippen molar-refractivity contribution in [1.29, 1.82) is 0 Å². The smallest absolute Gasteiger partial charge is 0.0178 e. The lowest BCUT2D eigenvalue weighted by atomic mass is 9.92. The van der Waals surface area contributed by atoms with Gasteiger partial charge in [-0.15, -0.1) is 0 Å². The van der Waals surface area contributed by atoms with Crippen molar-refractivity contribution >= 4 is 15.9 Å². The Morgan fingerprint density at radius 3 is 2.41 bits per heavy atom. The van der Waals surface area contributed by atoms with Crippen molar-refractivity contribution in [2.75, 3.05) is 0 Å². The number of hydrogen-bond donors (Lipinski definition) is 0. The van der Waals surface area contributed by atoms with E-state index in [0.717, 1.165) is 10.9 Å². The molecule has 2 aromatic rings. The summed E-state index contributed by atoms with van der Waals surface area (Å²) in [6, 6.07) is 17.2. The van der Waals surface area contributed by atoms with E-state index >= 15 is 0 Å². The summed E-state index contributed by atoms with van der Waals surface area (Å²) in [5, 5.41) is 0. The maximum Gasteiger partial charge on any atom is 0.0178 e. The molecule has 1 unspecified atom stereocenters. The molecule has 0 aromatic heterocycles. The molecule has 2 rings (SSSR count). The maximum atomic E-state index is 3.51. The normalized spacial score (nSPS) is 12.4. The van der Waals surface area contributed by atoms with Gasteiger partial charge >= 0.3 is 0 Å². The lowest BCUT2D eigenvalue weighted by Gasteiger charge is -2.14. The molecule has 0 aliphatic rings. The van der Waals surface area contributed by atoms with Crippen molar-refractivity contribution in [1.82, 2.24) is 0 Å². The van der Waals surface area contributed by atoms with Crippen LogP contribution in [-0.2, 0) is 6.42 Å². The van der Waals surface area contributed by atoms with Crippen LogP contribution in [0, 0.1) is 6.92 Å². The molecule has 0 heterocycles. The summed E-state index contributed by atoms with van der Waals surface area (Å²) in [5.41, 5.74) is 4.21. The summed E-state index contributed by atoms with van der Waals surface area (Å²) in [4.78, 5) is 0. The molecule has 17 heavy (non-hydrogen) atoms. The molecular weight excluding hydrogens is 272 g/mol. The van der Waals surface area contributed by atoms with E-state index in [4.69, 9.17) is 0 Å². The van der Waals surface area contributed by atoms with Crippen LogP contribution in [0.15, 0.2) is 53.0 Å². The molecule has 0 nitrogen and oxygen atoms in total. The Labute approximate surface area is 112 Å². The third kappa shape index (κ3) is 3.19. The maximum absolute atomic E-state index is 3.51. The zero-order valence-electron chi connectivity index (χ0n) is 10.3. The van der Waals surface area contributed by atoms with Gasteiger partial charge in [-0.1, -0.05) is 59.3 Å². The van der Waals surface area contributed by atoms with E-state index in [0.29, 0.717) is 5.92 Å². The Morgan fingerprint density at radius 1 is 1.06 bits per heavy atom. The van der Waals surface area contributed by atoms with E-state index in [1.165, 1.54) is 16.7 Å². The molecule has 0 aliphatic carbocycles. The lowest BCUT2D eigenvalue weighted by molar-refractivity contribution is 0.755. The molecule has 2 aromatic carbocycles. The molecule has 0 spiro atoms. The van der Waals surface area contributed by atoms with Gasteiger partial charge in [0.25, 0.3) is 0 Å². The van der Waals surface area contributed by atoms with Gasteiger partial charge in [0.05, 0.1) is 0 Å². The summed E-state index contributed by atoms with van der Waals surface area (Å²) >= 11 is 3.51. The van der Waals surface area contributed by atoms with Gasteiger partial charge in [0.1, 0.15) is 0 Å². The lowest BCUT2D eigenvalue weighted by Crippen LogP contribution is -2.00. The Kier molecular flexibility index (Phi) is 4.01. The van der Waals surface area contributed by atoms with E-state index in [1.54, 1.807) is 0 Å². The predicted octanol–water partition coefficient (Wildman–Crippen LogP) is 5.10. The van der Waals surface area contributed by atoms with Gasteiger partial charge in [0.15, 0.2) is 0 Å². The van der Waals surface area contributed by atoms with Crippen molar-refractivity contribution in [2.45, 2.75) is 26.2 Å². The van der Waals surface area contributed by atoms with Crippen molar-refractivity contribution < 1.29 is 0 Å². The highest BCUT2D eigenvalue weighted by Crippen LogP contribution is 2.23. The monoisotopic (exact) mass is 288 g/mol. The number of benzene rings is 2. The van der Waals surface area contributed by atoms with Crippen LogP contribution < -0.4 is 0 Å². The molecular formula is C16H17Br. The largest absolute Gasteiger partial charge is 0.0622 e. The van der Waals surface area contributed by atoms with E-state index in [-0.39, 0.29) is 0 Å². The second kappa shape index (κ2) is 5.50. The van der Waals surface area contributed by atoms with Gasteiger partial charge in [-0.05, 0) is 48.1 Å². The molecule has 0 radical (unpaired) electrons. The first kappa shape index (κ1) is 12.4. The summed E-state index contributed by atoms with van der Waals surface area (Å²) in [7, 11) is 0. The highest BCUT2D eigenvalue weighted by Gasteiger charge is 2.08. The second-order valence-corrected chi connectivity index (χ2v) is 5.50. The fourth-order valence-electron chi connectivity index (χ4n) is 2.12. The van der Waals surface area contributed by atoms with Crippen LogP contribution in [0.3, 0.4) is 0 Å². The summed E-state index contributed by atoms with van der Waals surface area (Å²) in [6.45, 7) is 4.47. The first-order chi connectivity index (χ1) is 8.16. The average Bonchev–Trinajstić information content (AvgIpc) is 2.34. The molecule has 0 amide bonds. The van der Waals surface area contributed by atoms with Crippen LogP contribution in [0.4, 0.5) is 0 Å². The average molecular weight is 289 g/mol. The van der Waals surface area contributed by atoms with E-state index in [2.05, 4.69) is 78.3 Å². The molecule has 88 valence electrons. The van der Waals surface area contributed by atoms with Crippen LogP contribution in [0.25, 0.3) is 0 Å². The van der Waals surface area contributed by atoms with Crippen LogP contribution >= 0.6 is 15.9 Å². The molecule has 0 N–H and O–H groups in total. The highest BCUT2D eigenvalue weighted by molar-refractivity contribution is 9.10. The highest BCUT2D eigenvalue weighted by atomic mass is 79.9. The van der Waals surface area contributed by atoms with Crippen molar-refractivity contribution in [3.63, 3.8) is 0 Å². The fraction of sp³-hybridized carbons (Fsp3) is 0.250. The Hall–Kier alpha value is -1.08. The molecule has 0 aliphatic heterocycles. The molecule has 0 bridgehead atoms. The molecule has 1 atom stereocenters. The van der Waals surface area contributed by atoms with Crippen molar-refractivity contribution in [3.05, 3.63) is 69.7 Å². The Bertz CT molecular complexity index is 488. The Balaban J connectivity index is 2.16. The van der Waals surface area contributed by atoms with Gasteiger partial charge < -0.3 is 0 Å². The van der Waals surface area contributed by atoms with E-state index in [1.807, 2.05) is 0 Å². The van der Waals surface area contributed by atoms with Crippen LogP contribution in [0.2, 0.25) is 0 Å². The third-order valence-corrected chi connectivity index (χ3v) is 3.69. The fourth-order valence-corrected chi connectivity index (χ4v) is 2.59. The zero-order chi connectivity index (χ0) is 12.3. The van der Waals surface area contributed by atoms with Gasteiger partial charge in [-0.3, -0.25) is 0 Å². The molecule has 0 saturated heterocycles. The van der Waals surface area contributed by atoms with Crippen molar-refractivity contribution in [2.24, 2.45) is 0 Å². The molecule has 0 saturated carbocycles. The summed E-state index contributed by atoms with van der Waals surface area (Å²) < 4.78 is 1.16. The van der Waals surface area contributed by atoms with Crippen LogP contribution in [0.1, 0.15) is 29.5 Å². The van der Waals surface area contributed by atoms with Gasteiger partial charge in [0, 0.05) is 4.47 Å². The number of aryl methyl sites for hydroxylation is 1. The standard InChI is InChI=1S/C16H17Br/c1-12(14-6-4-3-5-7-14)10-15-8-9-16(17)11-13(15)2/h3-9,11-12H,10H2,1-2H3. The first-order valence-electron chi connectivity index (χ1n) is 5.97. The minimum atomic E-state index is 0.566. The molecule has 0 fully saturated rings. The number of rotatable bonds is 3. The quantitative estimate of drug-likeness (QED) is 0.737. The number of hydrogen-bond acceptors (Lipinski definition) is 0. The van der Waals surface area contributed by atoms with Gasteiger partial charge in [0.2, 0.25) is 0 Å². The minimum Gasteiger partial charge on any atom is -0.0622 e. The minimum absolute atomic E-state index is 0.566. The molecule has 1 heteroatoms. The number of halogens is 1. The van der Waals surface area contributed by atoms with Crippen molar-refractivity contribution in [3.8, 4) is 0 Å².